The predicted octanol–water partition coefficient (Wildman–Crippen LogP) is 1.64. The molecule has 1 aliphatic heterocycles. The molecule has 0 saturated carbocycles. The fourth-order valence-corrected chi connectivity index (χ4v) is 9.65. The molecule has 0 spiro atoms. The number of hydrogen-bond donors (Lipinski definition) is 8. The lowest BCUT2D eigenvalue weighted by Gasteiger charge is -2.19. The summed E-state index contributed by atoms with van der Waals surface area (Å²) in [5, 5.41) is 16.3. The second kappa shape index (κ2) is 14.2. The first-order valence-corrected chi connectivity index (χ1v) is 19.4. The van der Waals surface area contributed by atoms with Gasteiger partial charge in [-0.25, -0.2) is 37.2 Å². The third-order valence-corrected chi connectivity index (χ3v) is 12.1. The Morgan fingerprint density at radius 1 is 0.698 bits per heavy atom. The van der Waals surface area contributed by atoms with E-state index in [1.165, 1.54) is 0 Å². The van der Waals surface area contributed by atoms with E-state index in [-0.39, 0.29) is 0 Å². The summed E-state index contributed by atoms with van der Waals surface area (Å²) in [5.41, 5.74) is 1.16. The van der Waals surface area contributed by atoms with E-state index in [1.807, 2.05) is 38.0 Å². The molecule has 1 aromatic carbocycles. The van der Waals surface area contributed by atoms with Crippen molar-refractivity contribution in [2.75, 3.05) is 28.2 Å². The maximum atomic E-state index is 11.8. The van der Waals surface area contributed by atoms with Crippen LogP contribution < -0.4 is 0 Å². The molecule has 0 fully saturated rings. The van der Waals surface area contributed by atoms with Crippen molar-refractivity contribution in [1.29, 1.82) is 0 Å². The molecule has 32 heteroatoms. The maximum absolute atomic E-state index is 11.8. The maximum Gasteiger partial charge on any atom is 0.490 e. The van der Waals surface area contributed by atoms with Crippen molar-refractivity contribution in [3.63, 3.8) is 0 Å². The molecule has 248 valence electrons. The van der Waals surface area contributed by atoms with Gasteiger partial charge in [-0.2, -0.15) is 21.6 Å². The van der Waals surface area contributed by atoms with Gasteiger partial charge in [-0.3, -0.25) is 0 Å². The minimum atomic E-state index is -6.26. The molecule has 0 aliphatic carbocycles. The number of fused-ring (bicyclic) bond motifs is 1. The highest BCUT2D eigenvalue weighted by Crippen LogP contribution is 2.74. The Hall–Kier alpha value is -0.960. The van der Waals surface area contributed by atoms with Gasteiger partial charge in [0.05, 0.1) is 28.2 Å². The van der Waals surface area contributed by atoms with Crippen molar-refractivity contribution in [3.8, 4) is 0 Å². The van der Waals surface area contributed by atoms with Gasteiger partial charge in [-0.05, 0) is 16.8 Å². The van der Waals surface area contributed by atoms with Crippen LogP contribution in [0.4, 0.5) is 11.4 Å². The Morgan fingerprint density at radius 3 is 1.37 bits per heavy atom. The summed E-state index contributed by atoms with van der Waals surface area (Å²) in [7, 11) is -28.6. The summed E-state index contributed by atoms with van der Waals surface area (Å²) < 4.78 is 82.0. The molecule has 1 heterocycles. The molecular weight excluding hydrogens is 743 g/mol. The predicted molar refractivity (Wildman–Crippen MR) is 138 cm³/mol. The topological polar surface area (TPSA) is 358 Å². The minimum Gasteiger partial charge on any atom is -0.691 e. The van der Waals surface area contributed by atoms with E-state index in [0.29, 0.717) is 21.3 Å². The summed E-state index contributed by atoms with van der Waals surface area (Å²) in [5.74, 6) is 0.789. The molecule has 1 aromatic rings. The van der Waals surface area contributed by atoms with Gasteiger partial charge in [-0.15, -0.1) is 4.86 Å². The Morgan fingerprint density at radius 2 is 1.05 bits per heavy atom. The lowest BCUT2D eigenvalue weighted by molar-refractivity contribution is -0.592. The van der Waals surface area contributed by atoms with Crippen LogP contribution in [0.5, 0.6) is 0 Å². The SMILES string of the molecule is CN(C)C(N(C)C)=[N+]1N=[N+]([O-])c2cc(Cl)ccc21.O=P(O)(O)OP(=O)(O)OP(=O)(O)OP(=O)(O)OP(=O)(O)OP(=O)(O)O. The van der Waals surface area contributed by atoms with Crippen LogP contribution in [0, 0.1) is 5.21 Å². The van der Waals surface area contributed by atoms with Crippen molar-refractivity contribution in [2.24, 2.45) is 5.22 Å². The van der Waals surface area contributed by atoms with Crippen LogP contribution in [0.25, 0.3) is 0 Å². The zero-order valence-electron chi connectivity index (χ0n) is 21.5. The summed E-state index contributed by atoms with van der Waals surface area (Å²) >= 11 is 5.89. The number of benzene rings is 1. The van der Waals surface area contributed by atoms with Gasteiger partial charge in [0.25, 0.3) is 0 Å². The molecule has 1 aliphatic rings. The van der Waals surface area contributed by atoms with Crippen LogP contribution in [0.2, 0.25) is 5.02 Å². The third kappa shape index (κ3) is 14.3. The molecule has 0 saturated heterocycles. The van der Waals surface area contributed by atoms with Gasteiger partial charge >= 0.3 is 52.9 Å². The number of nitrogens with zero attached hydrogens (tertiary/aromatic N) is 5. The second-order valence-corrected chi connectivity index (χ2v) is 17.1. The fraction of sp³-hybridized carbons (Fsp3) is 0.364. The second-order valence-electron chi connectivity index (χ2n) is 7.66. The van der Waals surface area contributed by atoms with E-state index in [1.54, 1.807) is 22.9 Å². The number of hydrogen-bond acceptors (Lipinski definition) is 13. The molecule has 0 amide bonds. The smallest absolute Gasteiger partial charge is 0.490 e. The molecule has 0 bridgehead atoms. The highest BCUT2D eigenvalue weighted by molar-refractivity contribution is 7.72. The highest BCUT2D eigenvalue weighted by Gasteiger charge is 2.48. The molecule has 2 rings (SSSR count). The van der Waals surface area contributed by atoms with Gasteiger partial charge in [-0.1, -0.05) is 11.6 Å². The minimum absolute atomic E-state index is 0.448. The Labute approximate surface area is 245 Å². The van der Waals surface area contributed by atoms with E-state index in [0.717, 1.165) is 5.96 Å². The quantitative estimate of drug-likeness (QED) is 0.0726. The standard InChI is InChI=1S/C11H15ClN5O.H8O19P6/c1-14(2)11(15(3)4)16-9-6-5-8(12)7-10(9)17(18)13-16;1-20(2,3)15-22(7,8)17-24(11,12)19-25(13,14)18-23(9,10)16-21(4,5)6/h5-7H,1-4H3;(H,7,8)(H,9,10)(H,11,12)(H,13,14)(H2,1,2,3)(H2,4,5,6)/q+1;. The molecule has 25 nitrogen and oxygen atoms in total. The van der Waals surface area contributed by atoms with E-state index >= 15 is 0 Å². The molecule has 4 unspecified atom stereocenters. The van der Waals surface area contributed by atoms with Gasteiger partial charge in [0.2, 0.25) is 11.4 Å². The summed E-state index contributed by atoms with van der Waals surface area (Å²) in [6, 6.07) is 5.13. The monoisotopic (exact) mass is 766 g/mol. The molecule has 0 radical (unpaired) electrons. The zero-order chi connectivity index (χ0) is 34.0. The van der Waals surface area contributed by atoms with Crippen LogP contribution in [0.15, 0.2) is 23.4 Å². The molecule has 43 heavy (non-hydrogen) atoms. The normalized spacial score (nSPS) is 18.9. The molecule has 8 N–H and O–H groups in total. The lowest BCUT2D eigenvalue weighted by Crippen LogP contribution is -2.40. The van der Waals surface area contributed by atoms with Crippen molar-refractivity contribution in [2.45, 2.75) is 0 Å². The summed E-state index contributed by atoms with van der Waals surface area (Å²) in [6.45, 7) is 0. The van der Waals surface area contributed by atoms with E-state index in [4.69, 9.17) is 50.7 Å². The Balaban J connectivity index is 0.000000450. The summed E-state index contributed by atoms with van der Waals surface area (Å²) in [6.07, 6.45) is 0. The fourth-order valence-electron chi connectivity index (χ4n) is 2.65. The van der Waals surface area contributed by atoms with Gasteiger partial charge in [0, 0.05) is 11.1 Å². The zero-order valence-corrected chi connectivity index (χ0v) is 27.6. The van der Waals surface area contributed by atoms with Crippen LogP contribution >= 0.6 is 58.5 Å². The van der Waals surface area contributed by atoms with Crippen LogP contribution in [-0.4, -0.2) is 92.6 Å². The highest BCUT2D eigenvalue weighted by atomic mass is 35.5. The van der Waals surface area contributed by atoms with Crippen molar-refractivity contribution < 1.29 is 97.6 Å². The average molecular weight is 767 g/mol. The first kappa shape index (κ1) is 40.1. The third-order valence-electron chi connectivity index (χ3n) is 3.57. The first-order valence-electron chi connectivity index (χ1n) is 9.94. The largest absolute Gasteiger partial charge is 0.691 e. The Bertz CT molecular complexity index is 1490. The number of rotatable bonds is 10. The van der Waals surface area contributed by atoms with Crippen LogP contribution in [-0.2, 0) is 48.9 Å². The molecule has 4 atom stereocenters. The van der Waals surface area contributed by atoms with Crippen molar-refractivity contribution in [1.82, 2.24) is 9.80 Å². The van der Waals surface area contributed by atoms with Crippen molar-refractivity contribution in [3.05, 3.63) is 28.4 Å². The Kier molecular flexibility index (Phi) is 13.2. The van der Waals surface area contributed by atoms with Crippen LogP contribution in [0.1, 0.15) is 0 Å². The van der Waals surface area contributed by atoms with Gasteiger partial charge < -0.3 is 44.4 Å². The van der Waals surface area contributed by atoms with Gasteiger partial charge in [0.1, 0.15) is 5.22 Å². The average Bonchev–Trinajstić information content (AvgIpc) is 2.96. The van der Waals surface area contributed by atoms with E-state index in [2.05, 4.69) is 26.8 Å². The summed E-state index contributed by atoms with van der Waals surface area (Å²) in [4.78, 5) is 72.5. The van der Waals surface area contributed by atoms with Crippen LogP contribution in [0.3, 0.4) is 0 Å². The van der Waals surface area contributed by atoms with E-state index < -0.39 is 46.9 Å². The number of phosphoric acid groups is 6. The number of guanidine groups is 1. The van der Waals surface area contributed by atoms with E-state index in [9.17, 15) is 32.6 Å². The van der Waals surface area contributed by atoms with Crippen molar-refractivity contribution >= 4 is 75.9 Å². The first-order chi connectivity index (χ1) is 18.9. The molecule has 0 aromatic heterocycles. The lowest BCUT2D eigenvalue weighted by atomic mass is 10.3. The number of halogens is 1. The molecular formula is C11H23ClN5O20P6+. The van der Waals surface area contributed by atoms with Gasteiger partial charge in [0.15, 0.2) is 0 Å².